The van der Waals surface area contributed by atoms with Crippen molar-refractivity contribution in [2.24, 2.45) is 5.10 Å². The van der Waals surface area contributed by atoms with Crippen LogP contribution in [0, 0.1) is 12.7 Å². The van der Waals surface area contributed by atoms with Crippen molar-refractivity contribution in [1.82, 2.24) is 10.7 Å². The lowest BCUT2D eigenvalue weighted by molar-refractivity contribution is -0.120. The minimum atomic E-state index is -0.453. The first-order valence-corrected chi connectivity index (χ1v) is 6.97. The molecule has 5 nitrogen and oxygen atoms in total. The first kappa shape index (κ1) is 16.4. The summed E-state index contributed by atoms with van der Waals surface area (Å²) < 4.78 is 12.7. The van der Waals surface area contributed by atoms with Crippen LogP contribution in [0.1, 0.15) is 21.5 Å². The second kappa shape index (κ2) is 7.84. The van der Waals surface area contributed by atoms with Gasteiger partial charge < -0.3 is 5.32 Å². The molecule has 2 aromatic carbocycles. The van der Waals surface area contributed by atoms with E-state index in [0.717, 1.165) is 5.56 Å². The third kappa shape index (κ3) is 5.03. The molecule has 6 heteroatoms. The van der Waals surface area contributed by atoms with E-state index in [9.17, 15) is 14.0 Å². The molecule has 0 atom stereocenters. The average molecular weight is 313 g/mol. The van der Waals surface area contributed by atoms with Crippen molar-refractivity contribution in [3.8, 4) is 0 Å². The second-order valence-electron chi connectivity index (χ2n) is 4.84. The van der Waals surface area contributed by atoms with Crippen molar-refractivity contribution < 1.29 is 14.0 Å². The molecule has 2 aromatic rings. The fourth-order valence-corrected chi connectivity index (χ4v) is 1.85. The normalized spacial score (nSPS) is 10.5. The molecule has 0 aromatic heterocycles. The van der Waals surface area contributed by atoms with E-state index >= 15 is 0 Å². The Morgan fingerprint density at radius 2 is 1.83 bits per heavy atom. The van der Waals surface area contributed by atoms with E-state index < -0.39 is 5.91 Å². The number of carbonyl (C=O) groups excluding carboxylic acids is 2. The quantitative estimate of drug-likeness (QED) is 0.655. The van der Waals surface area contributed by atoms with Gasteiger partial charge >= 0.3 is 0 Å². The molecule has 0 unspecified atom stereocenters. The SMILES string of the molecule is Cc1ccccc1C(=O)NCC(=O)NN=Cc1ccc(F)cc1. The summed E-state index contributed by atoms with van der Waals surface area (Å²) in [6.07, 6.45) is 1.39. The molecule has 2 N–H and O–H groups in total. The first-order valence-electron chi connectivity index (χ1n) is 6.97. The van der Waals surface area contributed by atoms with Crippen LogP contribution >= 0.6 is 0 Å². The first-order chi connectivity index (χ1) is 11.1. The molecule has 23 heavy (non-hydrogen) atoms. The van der Waals surface area contributed by atoms with Crippen molar-refractivity contribution in [2.45, 2.75) is 6.92 Å². The maximum absolute atomic E-state index is 12.7. The molecule has 2 amide bonds. The number of nitrogens with one attached hydrogen (secondary N) is 2. The lowest BCUT2D eigenvalue weighted by Crippen LogP contribution is -2.35. The van der Waals surface area contributed by atoms with Gasteiger partial charge in [-0.25, -0.2) is 9.82 Å². The van der Waals surface area contributed by atoms with Crippen LogP contribution in [-0.2, 0) is 4.79 Å². The van der Waals surface area contributed by atoms with Gasteiger partial charge in [-0.2, -0.15) is 5.10 Å². The highest BCUT2D eigenvalue weighted by Gasteiger charge is 2.09. The van der Waals surface area contributed by atoms with Gasteiger partial charge in [0.05, 0.1) is 12.8 Å². The number of benzene rings is 2. The summed E-state index contributed by atoms with van der Waals surface area (Å²) in [5, 5.41) is 6.26. The molecule has 0 radical (unpaired) electrons. The van der Waals surface area contributed by atoms with Crippen molar-refractivity contribution >= 4 is 18.0 Å². The molecule has 0 saturated heterocycles. The Hall–Kier alpha value is -3.02. The Morgan fingerprint density at radius 1 is 1.13 bits per heavy atom. The number of hydrazone groups is 1. The van der Waals surface area contributed by atoms with E-state index in [0.29, 0.717) is 11.1 Å². The predicted octanol–water partition coefficient (Wildman–Crippen LogP) is 2.01. The van der Waals surface area contributed by atoms with Crippen LogP contribution in [0.3, 0.4) is 0 Å². The molecular formula is C17H16FN3O2. The van der Waals surface area contributed by atoms with E-state index in [1.807, 2.05) is 19.1 Å². The number of hydrogen-bond donors (Lipinski definition) is 2. The van der Waals surface area contributed by atoms with E-state index in [1.165, 1.54) is 30.5 Å². The summed E-state index contributed by atoms with van der Waals surface area (Å²) in [4.78, 5) is 23.5. The Kier molecular flexibility index (Phi) is 5.57. The van der Waals surface area contributed by atoms with Crippen molar-refractivity contribution in [3.05, 3.63) is 71.0 Å². The lowest BCUT2D eigenvalue weighted by atomic mass is 10.1. The van der Waals surface area contributed by atoms with Gasteiger partial charge in [-0.1, -0.05) is 30.3 Å². The van der Waals surface area contributed by atoms with Gasteiger partial charge in [-0.05, 0) is 36.2 Å². The summed E-state index contributed by atoms with van der Waals surface area (Å²) in [7, 11) is 0. The Morgan fingerprint density at radius 3 is 2.52 bits per heavy atom. The van der Waals surface area contributed by atoms with Crippen molar-refractivity contribution in [1.29, 1.82) is 0 Å². The molecule has 2 rings (SSSR count). The Bertz CT molecular complexity index is 727. The van der Waals surface area contributed by atoms with Gasteiger partial charge in [0.25, 0.3) is 11.8 Å². The number of aryl methyl sites for hydroxylation is 1. The molecule has 0 aliphatic rings. The van der Waals surface area contributed by atoms with Crippen molar-refractivity contribution in [3.63, 3.8) is 0 Å². The number of amides is 2. The zero-order valence-corrected chi connectivity index (χ0v) is 12.5. The third-order valence-electron chi connectivity index (χ3n) is 3.07. The van der Waals surface area contributed by atoms with E-state index in [4.69, 9.17) is 0 Å². The van der Waals surface area contributed by atoms with E-state index in [-0.39, 0.29) is 18.3 Å². The third-order valence-corrected chi connectivity index (χ3v) is 3.07. The highest BCUT2D eigenvalue weighted by Crippen LogP contribution is 2.06. The van der Waals surface area contributed by atoms with Crippen LogP contribution in [0.5, 0.6) is 0 Å². The number of hydrogen-bond acceptors (Lipinski definition) is 3. The number of nitrogens with zero attached hydrogens (tertiary/aromatic N) is 1. The molecule has 0 aliphatic carbocycles. The number of halogens is 1. The smallest absolute Gasteiger partial charge is 0.259 e. The van der Waals surface area contributed by atoms with Gasteiger partial charge in [0.1, 0.15) is 5.82 Å². The predicted molar refractivity (Wildman–Crippen MR) is 85.6 cm³/mol. The minimum absolute atomic E-state index is 0.187. The van der Waals surface area contributed by atoms with Crippen LogP contribution in [0.25, 0.3) is 0 Å². The molecule has 0 fully saturated rings. The summed E-state index contributed by atoms with van der Waals surface area (Å²) in [6, 6.07) is 12.8. The summed E-state index contributed by atoms with van der Waals surface area (Å²) in [5.74, 6) is -1.11. The molecular weight excluding hydrogens is 297 g/mol. The van der Waals surface area contributed by atoms with Crippen LogP contribution < -0.4 is 10.7 Å². The van der Waals surface area contributed by atoms with Crippen LogP contribution in [-0.4, -0.2) is 24.6 Å². The van der Waals surface area contributed by atoms with Gasteiger partial charge in [-0.3, -0.25) is 9.59 Å². The van der Waals surface area contributed by atoms with Gasteiger partial charge in [-0.15, -0.1) is 0 Å². The van der Waals surface area contributed by atoms with Crippen LogP contribution in [0.2, 0.25) is 0 Å². The zero-order valence-electron chi connectivity index (χ0n) is 12.5. The number of carbonyl (C=O) groups is 2. The topological polar surface area (TPSA) is 70.6 Å². The van der Waals surface area contributed by atoms with Gasteiger partial charge in [0, 0.05) is 5.56 Å². The van der Waals surface area contributed by atoms with Gasteiger partial charge in [0.2, 0.25) is 0 Å². The minimum Gasteiger partial charge on any atom is -0.343 e. The second-order valence-corrected chi connectivity index (χ2v) is 4.84. The van der Waals surface area contributed by atoms with E-state index in [1.54, 1.807) is 12.1 Å². The maximum atomic E-state index is 12.7. The van der Waals surface area contributed by atoms with Gasteiger partial charge in [0.15, 0.2) is 0 Å². The van der Waals surface area contributed by atoms with E-state index in [2.05, 4.69) is 15.8 Å². The molecule has 0 aliphatic heterocycles. The molecule has 0 bridgehead atoms. The highest BCUT2D eigenvalue weighted by atomic mass is 19.1. The Labute approximate surface area is 133 Å². The molecule has 118 valence electrons. The fourth-order valence-electron chi connectivity index (χ4n) is 1.85. The Balaban J connectivity index is 1.80. The fraction of sp³-hybridized carbons (Fsp3) is 0.118. The molecule has 0 saturated carbocycles. The molecule has 0 heterocycles. The zero-order chi connectivity index (χ0) is 16.7. The maximum Gasteiger partial charge on any atom is 0.259 e. The van der Waals surface area contributed by atoms with Crippen LogP contribution in [0.4, 0.5) is 4.39 Å². The summed E-state index contributed by atoms with van der Waals surface area (Å²) >= 11 is 0. The van der Waals surface area contributed by atoms with Crippen molar-refractivity contribution in [2.75, 3.05) is 6.54 Å². The summed E-state index contributed by atoms with van der Waals surface area (Å²) in [6.45, 7) is 1.63. The molecule has 0 spiro atoms. The number of rotatable bonds is 5. The van der Waals surface area contributed by atoms with Crippen LogP contribution in [0.15, 0.2) is 53.6 Å². The lowest BCUT2D eigenvalue weighted by Gasteiger charge is -2.06. The highest BCUT2D eigenvalue weighted by molar-refractivity contribution is 5.97. The average Bonchev–Trinajstić information content (AvgIpc) is 2.55. The standard InChI is InChI=1S/C17H16FN3O2/c1-12-4-2-3-5-15(12)17(23)19-11-16(22)21-20-10-13-6-8-14(18)9-7-13/h2-10H,11H2,1H3,(H,19,23)(H,21,22). The summed E-state index contributed by atoms with van der Waals surface area (Å²) in [5.41, 5.74) is 4.29. The monoisotopic (exact) mass is 313 g/mol. The largest absolute Gasteiger partial charge is 0.343 e.